The van der Waals surface area contributed by atoms with Crippen LogP contribution < -0.4 is 10.5 Å². The molecule has 0 aliphatic heterocycles. The molecule has 4 N–H and O–H groups in total. The Labute approximate surface area is 180 Å². The van der Waals surface area contributed by atoms with E-state index in [0.29, 0.717) is 42.8 Å². The van der Waals surface area contributed by atoms with Crippen molar-refractivity contribution in [1.29, 1.82) is 0 Å². The molecule has 1 aromatic carbocycles. The maximum Gasteiger partial charge on any atom is 0.280 e. The molecule has 0 spiro atoms. The van der Waals surface area contributed by atoms with E-state index in [0.717, 1.165) is 5.56 Å². The lowest BCUT2D eigenvalue weighted by Gasteiger charge is -2.26. The average Bonchev–Trinajstić information content (AvgIpc) is 3.16. The molecule has 0 bridgehead atoms. The molecular formula is C20H24N6O4S. The van der Waals surface area contributed by atoms with Crippen molar-refractivity contribution in [1.82, 2.24) is 24.8 Å². The third-order valence-corrected chi connectivity index (χ3v) is 6.86. The first-order chi connectivity index (χ1) is 14.7. The molecule has 0 amide bonds. The van der Waals surface area contributed by atoms with E-state index < -0.39 is 10.0 Å². The summed E-state index contributed by atoms with van der Waals surface area (Å²) >= 11 is 0. The third kappa shape index (κ3) is 4.58. The molecule has 0 saturated heterocycles. The minimum Gasteiger partial charge on any atom is -0.393 e. The van der Waals surface area contributed by atoms with E-state index in [1.54, 1.807) is 25.1 Å². The second-order valence-electron chi connectivity index (χ2n) is 7.74. The first kappa shape index (κ1) is 21.3. The van der Waals surface area contributed by atoms with E-state index >= 15 is 0 Å². The number of aryl methyl sites for hydroxylation is 2. The van der Waals surface area contributed by atoms with Crippen molar-refractivity contribution in [2.75, 3.05) is 5.73 Å². The SMILES string of the molecule is Cc1noc(-c2nc(-c3cc(S(=O)(=O)N[C@H]4CC[C@H](O)CC4)ccc3C)cnc2N)n1. The summed E-state index contributed by atoms with van der Waals surface area (Å²) in [5, 5.41) is 13.4. The van der Waals surface area contributed by atoms with Crippen LogP contribution in [0.3, 0.4) is 0 Å². The quantitative estimate of drug-likeness (QED) is 0.535. The van der Waals surface area contributed by atoms with Gasteiger partial charge in [-0.3, -0.25) is 0 Å². The Morgan fingerprint density at radius 1 is 1.16 bits per heavy atom. The van der Waals surface area contributed by atoms with Gasteiger partial charge >= 0.3 is 0 Å². The summed E-state index contributed by atoms with van der Waals surface area (Å²) in [6.07, 6.45) is 3.52. The first-order valence-corrected chi connectivity index (χ1v) is 11.5. The van der Waals surface area contributed by atoms with E-state index in [-0.39, 0.29) is 34.4 Å². The predicted octanol–water partition coefficient (Wildman–Crippen LogP) is 1.97. The summed E-state index contributed by atoms with van der Waals surface area (Å²) in [5.74, 6) is 0.717. The van der Waals surface area contributed by atoms with Crippen molar-refractivity contribution in [2.45, 2.75) is 56.6 Å². The normalized spacial score (nSPS) is 19.5. The van der Waals surface area contributed by atoms with Crippen LogP contribution in [0.1, 0.15) is 37.1 Å². The van der Waals surface area contributed by atoms with Gasteiger partial charge in [-0.15, -0.1) is 0 Å². The van der Waals surface area contributed by atoms with Gasteiger partial charge in [0.05, 0.1) is 22.9 Å². The smallest absolute Gasteiger partial charge is 0.280 e. The number of nitrogens with zero attached hydrogens (tertiary/aromatic N) is 4. The molecule has 10 nitrogen and oxygen atoms in total. The molecule has 2 aromatic heterocycles. The highest BCUT2D eigenvalue weighted by atomic mass is 32.2. The number of rotatable bonds is 5. The maximum absolute atomic E-state index is 13.0. The van der Waals surface area contributed by atoms with E-state index in [9.17, 15) is 13.5 Å². The molecule has 2 heterocycles. The number of nitrogens with one attached hydrogen (secondary N) is 1. The van der Waals surface area contributed by atoms with E-state index in [1.165, 1.54) is 6.20 Å². The van der Waals surface area contributed by atoms with Gasteiger partial charge in [0.2, 0.25) is 10.0 Å². The Hall–Kier alpha value is -2.89. The molecule has 164 valence electrons. The van der Waals surface area contributed by atoms with Gasteiger partial charge < -0.3 is 15.4 Å². The van der Waals surface area contributed by atoms with E-state index in [2.05, 4.69) is 24.8 Å². The minimum atomic E-state index is -3.74. The van der Waals surface area contributed by atoms with Gasteiger partial charge in [0.15, 0.2) is 17.3 Å². The van der Waals surface area contributed by atoms with Crippen LogP contribution in [0, 0.1) is 13.8 Å². The minimum absolute atomic E-state index is 0.132. The van der Waals surface area contributed by atoms with Crippen molar-refractivity contribution in [2.24, 2.45) is 0 Å². The molecule has 31 heavy (non-hydrogen) atoms. The van der Waals surface area contributed by atoms with Gasteiger partial charge in [0.25, 0.3) is 5.89 Å². The van der Waals surface area contributed by atoms with E-state index in [1.807, 2.05) is 6.92 Å². The summed E-state index contributed by atoms with van der Waals surface area (Å²) in [6.45, 7) is 3.54. The molecular weight excluding hydrogens is 420 g/mol. The van der Waals surface area contributed by atoms with Crippen molar-refractivity contribution in [3.8, 4) is 22.8 Å². The van der Waals surface area contributed by atoms with Crippen molar-refractivity contribution in [3.63, 3.8) is 0 Å². The maximum atomic E-state index is 13.0. The van der Waals surface area contributed by atoms with Crippen LogP contribution in [0.5, 0.6) is 0 Å². The summed E-state index contributed by atoms with van der Waals surface area (Å²) < 4.78 is 33.8. The average molecular weight is 445 g/mol. The van der Waals surface area contributed by atoms with Crippen LogP contribution in [0.4, 0.5) is 5.82 Å². The van der Waals surface area contributed by atoms with Gasteiger partial charge in [-0.2, -0.15) is 4.98 Å². The fourth-order valence-corrected chi connectivity index (χ4v) is 4.93. The number of aromatic nitrogens is 4. The molecule has 4 rings (SSSR count). The molecule has 1 saturated carbocycles. The van der Waals surface area contributed by atoms with Gasteiger partial charge in [-0.25, -0.2) is 23.1 Å². The number of benzene rings is 1. The highest BCUT2D eigenvalue weighted by Gasteiger charge is 2.25. The molecule has 0 atom stereocenters. The number of aliphatic hydroxyl groups excluding tert-OH is 1. The van der Waals surface area contributed by atoms with E-state index in [4.69, 9.17) is 10.3 Å². The molecule has 1 aliphatic carbocycles. The second-order valence-corrected chi connectivity index (χ2v) is 9.45. The standard InChI is InChI=1S/C20H24N6O4S/c1-11-3-8-15(31(28,29)26-13-4-6-14(27)7-5-13)9-16(11)17-10-22-19(21)18(24-17)20-23-12(2)25-30-20/h3,8-10,13-14,26-27H,4-7H2,1-2H3,(H2,21,22)/t13-,14-. The lowest BCUT2D eigenvalue weighted by atomic mass is 9.94. The summed E-state index contributed by atoms with van der Waals surface area (Å²) in [4.78, 5) is 13.0. The Balaban J connectivity index is 1.67. The van der Waals surface area contributed by atoms with Crippen molar-refractivity contribution >= 4 is 15.8 Å². The van der Waals surface area contributed by atoms with Gasteiger partial charge in [-0.05, 0) is 57.2 Å². The fourth-order valence-electron chi connectivity index (χ4n) is 3.60. The van der Waals surface area contributed by atoms with Gasteiger partial charge in [-0.1, -0.05) is 11.2 Å². The highest BCUT2D eigenvalue weighted by Crippen LogP contribution is 2.29. The highest BCUT2D eigenvalue weighted by molar-refractivity contribution is 7.89. The molecule has 1 aliphatic rings. The van der Waals surface area contributed by atoms with Crippen LogP contribution in [-0.2, 0) is 10.0 Å². The number of aliphatic hydroxyl groups is 1. The molecule has 1 fully saturated rings. The Morgan fingerprint density at radius 2 is 1.90 bits per heavy atom. The topological polar surface area (TPSA) is 157 Å². The zero-order valence-corrected chi connectivity index (χ0v) is 18.1. The molecule has 11 heteroatoms. The lowest BCUT2D eigenvalue weighted by Crippen LogP contribution is -2.38. The number of hydrogen-bond acceptors (Lipinski definition) is 9. The Bertz CT molecular complexity index is 1200. The summed E-state index contributed by atoms with van der Waals surface area (Å²) in [6, 6.07) is 4.66. The molecule has 0 radical (unpaired) electrons. The number of hydrogen-bond donors (Lipinski definition) is 3. The fraction of sp³-hybridized carbons (Fsp3) is 0.400. The van der Waals surface area contributed by atoms with Gasteiger partial charge in [0.1, 0.15) is 0 Å². The third-order valence-electron chi connectivity index (χ3n) is 5.34. The Morgan fingerprint density at radius 3 is 2.58 bits per heavy atom. The summed E-state index contributed by atoms with van der Waals surface area (Å²) in [5.41, 5.74) is 8.04. The van der Waals surface area contributed by atoms with Crippen molar-refractivity contribution < 1.29 is 18.0 Å². The number of nitrogen functional groups attached to an aromatic ring is 1. The first-order valence-electron chi connectivity index (χ1n) is 9.97. The molecule has 3 aromatic rings. The second kappa shape index (κ2) is 8.33. The summed E-state index contributed by atoms with van der Waals surface area (Å²) in [7, 11) is -3.74. The predicted molar refractivity (Wildman–Crippen MR) is 113 cm³/mol. The van der Waals surface area contributed by atoms with Crippen LogP contribution in [0.15, 0.2) is 33.8 Å². The number of sulfonamides is 1. The van der Waals surface area contributed by atoms with Gasteiger partial charge in [0, 0.05) is 11.6 Å². The Kier molecular flexibility index (Phi) is 5.73. The number of anilines is 1. The zero-order valence-electron chi connectivity index (χ0n) is 17.2. The van der Waals surface area contributed by atoms with Crippen LogP contribution in [0.2, 0.25) is 0 Å². The zero-order chi connectivity index (χ0) is 22.2. The van der Waals surface area contributed by atoms with Crippen LogP contribution in [0.25, 0.3) is 22.8 Å². The number of nitrogens with two attached hydrogens (primary N) is 1. The van der Waals surface area contributed by atoms with Crippen LogP contribution >= 0.6 is 0 Å². The monoisotopic (exact) mass is 444 g/mol. The largest absolute Gasteiger partial charge is 0.393 e. The van der Waals surface area contributed by atoms with Crippen molar-refractivity contribution in [3.05, 3.63) is 35.8 Å². The van der Waals surface area contributed by atoms with Crippen LogP contribution in [-0.4, -0.2) is 45.8 Å². The molecule has 0 unspecified atom stereocenters. The lowest BCUT2D eigenvalue weighted by molar-refractivity contribution is 0.120.